The fourth-order valence-electron chi connectivity index (χ4n) is 1.94. The van der Waals surface area contributed by atoms with Crippen LogP contribution in [0.1, 0.15) is 19.3 Å². The molecule has 0 aromatic heterocycles. The highest BCUT2D eigenvalue weighted by molar-refractivity contribution is 14.1. The lowest BCUT2D eigenvalue weighted by atomic mass is 9.90. The van der Waals surface area contributed by atoms with Gasteiger partial charge in [0.2, 0.25) is 0 Å². The zero-order chi connectivity index (χ0) is 15.3. The first-order valence-electron chi connectivity index (χ1n) is 5.11. The summed E-state index contributed by atoms with van der Waals surface area (Å²) in [5.74, 6) is -19.9. The molecule has 0 spiro atoms. The Hall–Kier alpha value is 0.460. The lowest BCUT2D eigenvalue weighted by Crippen LogP contribution is -2.63. The average Bonchev–Trinajstić information content (AvgIpc) is 2.62. The van der Waals surface area contributed by atoms with Gasteiger partial charge in [-0.3, -0.25) is 0 Å². The predicted molar refractivity (Wildman–Crippen MR) is 60.8 cm³/mol. The maximum absolute atomic E-state index is 13.6. The van der Waals surface area contributed by atoms with E-state index in [1.165, 1.54) is 22.6 Å². The van der Waals surface area contributed by atoms with Crippen molar-refractivity contribution in [3.63, 3.8) is 0 Å². The second-order valence-corrected chi connectivity index (χ2v) is 6.40. The monoisotopic (exact) mass is 430 g/mol. The third kappa shape index (κ3) is 2.65. The molecule has 0 nitrogen and oxygen atoms in total. The van der Waals surface area contributed by atoms with Crippen molar-refractivity contribution in [2.75, 3.05) is 0 Å². The molecule has 1 saturated carbocycles. The van der Waals surface area contributed by atoms with E-state index in [1.54, 1.807) is 0 Å². The Morgan fingerprint density at radius 3 is 1.63 bits per heavy atom. The van der Waals surface area contributed by atoms with E-state index in [0.717, 1.165) is 0 Å². The lowest BCUT2D eigenvalue weighted by molar-refractivity contribution is -0.358. The van der Waals surface area contributed by atoms with Crippen molar-refractivity contribution < 1.29 is 35.1 Å². The maximum Gasteiger partial charge on any atom is 0.392 e. The van der Waals surface area contributed by atoms with Crippen LogP contribution in [-0.2, 0) is 0 Å². The number of hydrogen-bond acceptors (Lipinski definition) is 0. The minimum absolute atomic E-state index is 0.139. The van der Waals surface area contributed by atoms with Gasteiger partial charge in [-0.1, -0.05) is 29.0 Å². The molecule has 0 N–H and O–H groups in total. The molecule has 1 aliphatic carbocycles. The molecule has 2 atom stereocenters. The van der Waals surface area contributed by atoms with Gasteiger partial charge in [0.1, 0.15) is 0 Å². The van der Waals surface area contributed by atoms with Crippen molar-refractivity contribution in [2.45, 2.75) is 46.3 Å². The Morgan fingerprint density at radius 1 is 0.842 bits per heavy atom. The normalized spacial score (nSPS) is 26.8. The van der Waals surface area contributed by atoms with Gasteiger partial charge in [0, 0.05) is 9.84 Å². The quantitative estimate of drug-likeness (QED) is 0.321. The largest absolute Gasteiger partial charge is 0.392 e. The third-order valence-electron chi connectivity index (χ3n) is 3.07. The molecule has 0 bridgehead atoms. The second kappa shape index (κ2) is 5.03. The zero-order valence-electron chi connectivity index (χ0n) is 9.06. The number of halogens is 10. The average molecular weight is 431 g/mol. The van der Waals surface area contributed by atoms with Crippen LogP contribution in [0.5, 0.6) is 0 Å². The highest BCUT2D eigenvalue weighted by atomic mass is 127. The van der Waals surface area contributed by atoms with Crippen LogP contribution in [0, 0.1) is 5.92 Å². The molecular weight excluding hydrogens is 422 g/mol. The zero-order valence-corrected chi connectivity index (χ0v) is 12.0. The smallest absolute Gasteiger partial charge is 0.199 e. The first-order valence-corrected chi connectivity index (χ1v) is 6.73. The van der Waals surface area contributed by atoms with Gasteiger partial charge < -0.3 is 0 Å². The van der Waals surface area contributed by atoms with Crippen LogP contribution in [0.3, 0.4) is 0 Å². The first kappa shape index (κ1) is 17.5. The molecule has 1 fully saturated rings. The van der Waals surface area contributed by atoms with Crippen molar-refractivity contribution in [3.05, 3.63) is 0 Å². The van der Waals surface area contributed by atoms with Crippen LogP contribution in [0.4, 0.5) is 35.1 Å². The van der Waals surface area contributed by atoms with Gasteiger partial charge in [-0.2, -0.15) is 35.1 Å². The van der Waals surface area contributed by atoms with Gasteiger partial charge in [0.25, 0.3) is 0 Å². The molecule has 0 heterocycles. The van der Waals surface area contributed by atoms with Crippen molar-refractivity contribution in [1.29, 1.82) is 0 Å². The number of rotatable bonds is 4. The van der Waals surface area contributed by atoms with Gasteiger partial charge in [-0.25, -0.2) is 0 Å². The number of hydrogen-bond donors (Lipinski definition) is 0. The van der Waals surface area contributed by atoms with Crippen molar-refractivity contribution in [1.82, 2.24) is 0 Å². The molecule has 0 radical (unpaired) electrons. The van der Waals surface area contributed by atoms with Crippen molar-refractivity contribution >= 4 is 34.2 Å². The first-order chi connectivity index (χ1) is 8.27. The molecule has 114 valence electrons. The maximum atomic E-state index is 13.6. The molecule has 0 amide bonds. The summed E-state index contributed by atoms with van der Waals surface area (Å²) in [6.45, 7) is 0. The SMILES string of the molecule is FC(F)(Cl)C(F)(F)C(F)(F)C(F)(F)C1CCCC1I. The Balaban J connectivity index is 3.17. The van der Waals surface area contributed by atoms with Gasteiger partial charge in [-0.15, -0.1) is 0 Å². The topological polar surface area (TPSA) is 0 Å². The van der Waals surface area contributed by atoms with E-state index in [1.807, 2.05) is 0 Å². The van der Waals surface area contributed by atoms with Crippen LogP contribution in [0.2, 0.25) is 0 Å². The van der Waals surface area contributed by atoms with E-state index in [9.17, 15) is 35.1 Å². The Kier molecular flexibility index (Phi) is 4.63. The van der Waals surface area contributed by atoms with Crippen LogP contribution in [0.25, 0.3) is 0 Å². The molecule has 0 saturated heterocycles. The second-order valence-electron chi connectivity index (χ2n) is 4.32. The van der Waals surface area contributed by atoms with Crippen LogP contribution < -0.4 is 0 Å². The van der Waals surface area contributed by atoms with E-state index in [2.05, 4.69) is 11.6 Å². The Morgan fingerprint density at radius 2 is 1.32 bits per heavy atom. The summed E-state index contributed by atoms with van der Waals surface area (Å²) >= 11 is 5.29. The van der Waals surface area contributed by atoms with E-state index < -0.39 is 39.4 Å². The Bertz CT molecular complexity index is 340. The third-order valence-corrected chi connectivity index (χ3v) is 4.79. The minimum Gasteiger partial charge on any atom is -0.199 e. The fourth-order valence-corrected chi connectivity index (χ4v) is 3.31. The molecule has 0 aromatic rings. The molecule has 0 aliphatic heterocycles. The van der Waals surface area contributed by atoms with Gasteiger partial charge in [0.15, 0.2) is 0 Å². The van der Waals surface area contributed by atoms with Crippen LogP contribution >= 0.6 is 34.2 Å². The molecule has 19 heavy (non-hydrogen) atoms. The molecule has 1 aliphatic rings. The summed E-state index contributed by atoms with van der Waals surface area (Å²) in [7, 11) is 0. The van der Waals surface area contributed by atoms with Crippen molar-refractivity contribution in [2.24, 2.45) is 5.92 Å². The molecule has 2 unspecified atom stereocenters. The van der Waals surface area contributed by atoms with Gasteiger partial charge in [0.05, 0.1) is 0 Å². The summed E-state index contributed by atoms with van der Waals surface area (Å²) < 4.78 is 103. The molecule has 10 heteroatoms. The predicted octanol–water partition coefficient (Wildman–Crippen LogP) is 5.33. The van der Waals surface area contributed by atoms with E-state index >= 15 is 0 Å². The summed E-state index contributed by atoms with van der Waals surface area (Å²) in [5.41, 5.74) is 0. The van der Waals surface area contributed by atoms with Gasteiger partial charge in [-0.05, 0) is 24.4 Å². The van der Waals surface area contributed by atoms with Gasteiger partial charge >= 0.3 is 23.1 Å². The number of alkyl halides is 10. The fraction of sp³-hybridized carbons (Fsp3) is 1.00. The summed E-state index contributed by atoms with van der Waals surface area (Å²) in [4.78, 5) is 0. The Labute approximate surface area is 122 Å². The molecule has 1 rings (SSSR count). The molecule has 0 aromatic carbocycles. The molecular formula is C9H8ClF8I. The van der Waals surface area contributed by atoms with Crippen molar-refractivity contribution in [3.8, 4) is 0 Å². The minimum atomic E-state index is -6.34. The summed E-state index contributed by atoms with van der Waals surface area (Å²) in [6.07, 6.45) is -0.146. The summed E-state index contributed by atoms with van der Waals surface area (Å²) in [5, 5.41) is -5.76. The highest BCUT2D eigenvalue weighted by Crippen LogP contribution is 2.58. The summed E-state index contributed by atoms with van der Waals surface area (Å²) in [6, 6.07) is 0. The van der Waals surface area contributed by atoms with E-state index in [4.69, 9.17) is 0 Å². The standard InChI is InChI=1S/C9H8ClF8I/c10-9(17,18)8(15,16)7(13,14)6(11,12)4-2-1-3-5(4)19/h4-5H,1-3H2. The highest BCUT2D eigenvalue weighted by Gasteiger charge is 2.82. The van der Waals surface area contributed by atoms with Crippen LogP contribution in [-0.4, -0.2) is 27.1 Å². The lowest BCUT2D eigenvalue weighted by Gasteiger charge is -2.38. The van der Waals surface area contributed by atoms with E-state index in [-0.39, 0.29) is 12.8 Å². The van der Waals surface area contributed by atoms with E-state index in [0.29, 0.717) is 0 Å². The van der Waals surface area contributed by atoms with Crippen LogP contribution in [0.15, 0.2) is 0 Å².